The highest BCUT2D eigenvalue weighted by atomic mass is 35.5. The maximum atomic E-state index is 10.0. The summed E-state index contributed by atoms with van der Waals surface area (Å²) in [7, 11) is 0. The van der Waals surface area contributed by atoms with E-state index >= 15 is 0 Å². The molecule has 0 radical (unpaired) electrons. The molecule has 94 valence electrons. The smallest absolute Gasteiger partial charge is 0.131 e. The number of aromatic nitrogens is 1. The molecule has 0 aliphatic rings. The summed E-state index contributed by atoms with van der Waals surface area (Å²) in [5.74, 6) is 0. The van der Waals surface area contributed by atoms with Crippen molar-refractivity contribution in [3.05, 3.63) is 58.9 Å². The van der Waals surface area contributed by atoms with Crippen LogP contribution in [0.4, 0.5) is 5.69 Å². The van der Waals surface area contributed by atoms with Gasteiger partial charge in [-0.2, -0.15) is 0 Å². The predicted octanol–water partition coefficient (Wildman–Crippen LogP) is 3.19. The molecule has 2 N–H and O–H groups in total. The number of aliphatic hydroxyl groups excluding tert-OH is 1. The predicted molar refractivity (Wildman–Crippen MR) is 73.9 cm³/mol. The first-order valence-electron chi connectivity index (χ1n) is 5.75. The number of aryl methyl sites for hydroxylation is 1. The molecule has 0 aliphatic carbocycles. The van der Waals surface area contributed by atoms with Crippen molar-refractivity contribution >= 4 is 17.3 Å². The molecule has 0 saturated carbocycles. The topological polar surface area (TPSA) is 45.1 Å². The lowest BCUT2D eigenvalue weighted by molar-refractivity contribution is 0.191. The van der Waals surface area contributed by atoms with Gasteiger partial charge in [0.25, 0.3) is 0 Å². The zero-order valence-corrected chi connectivity index (χ0v) is 10.9. The van der Waals surface area contributed by atoms with Gasteiger partial charge in [-0.1, -0.05) is 41.4 Å². The number of aliphatic hydroxyl groups is 1. The molecule has 1 aromatic heterocycles. The van der Waals surface area contributed by atoms with Crippen molar-refractivity contribution in [3.8, 4) is 0 Å². The van der Waals surface area contributed by atoms with Crippen LogP contribution >= 0.6 is 11.6 Å². The first-order chi connectivity index (χ1) is 8.65. The van der Waals surface area contributed by atoms with E-state index in [4.69, 9.17) is 11.6 Å². The van der Waals surface area contributed by atoms with Gasteiger partial charge in [0.2, 0.25) is 0 Å². The Morgan fingerprint density at radius 3 is 2.67 bits per heavy atom. The number of anilines is 1. The Labute approximate surface area is 111 Å². The van der Waals surface area contributed by atoms with Crippen LogP contribution < -0.4 is 5.32 Å². The van der Waals surface area contributed by atoms with Crippen LogP contribution in [0.1, 0.15) is 17.2 Å². The van der Waals surface area contributed by atoms with E-state index in [-0.39, 0.29) is 0 Å². The van der Waals surface area contributed by atoms with Crippen LogP contribution in [0.5, 0.6) is 0 Å². The summed E-state index contributed by atoms with van der Waals surface area (Å²) in [6.07, 6.45) is 1.08. The molecule has 3 nitrogen and oxygen atoms in total. The number of nitrogens with zero attached hydrogens (tertiary/aromatic N) is 1. The van der Waals surface area contributed by atoms with Crippen molar-refractivity contribution < 1.29 is 5.11 Å². The first-order valence-corrected chi connectivity index (χ1v) is 6.13. The molecule has 0 amide bonds. The largest absolute Gasteiger partial charge is 0.387 e. The second kappa shape index (κ2) is 5.85. The summed E-state index contributed by atoms with van der Waals surface area (Å²) in [6.45, 7) is 2.46. The lowest BCUT2D eigenvalue weighted by Gasteiger charge is -2.13. The van der Waals surface area contributed by atoms with Gasteiger partial charge < -0.3 is 10.4 Å². The van der Waals surface area contributed by atoms with E-state index in [0.717, 1.165) is 11.3 Å². The Morgan fingerprint density at radius 1 is 1.28 bits per heavy atom. The summed E-state index contributed by atoms with van der Waals surface area (Å²) in [4.78, 5) is 3.90. The van der Waals surface area contributed by atoms with E-state index in [2.05, 4.69) is 10.3 Å². The second-order valence-corrected chi connectivity index (χ2v) is 4.56. The molecule has 1 unspecified atom stereocenters. The monoisotopic (exact) mass is 262 g/mol. The molecule has 1 heterocycles. The Hall–Kier alpha value is -1.58. The third-order valence-electron chi connectivity index (χ3n) is 2.69. The molecule has 1 aromatic carbocycles. The maximum absolute atomic E-state index is 10.0. The van der Waals surface area contributed by atoms with Gasteiger partial charge in [0.15, 0.2) is 0 Å². The molecule has 18 heavy (non-hydrogen) atoms. The van der Waals surface area contributed by atoms with Gasteiger partial charge in [-0.05, 0) is 24.6 Å². The molecule has 0 bridgehead atoms. The number of halogens is 1. The first kappa shape index (κ1) is 12.9. The third kappa shape index (κ3) is 3.45. The molecule has 0 spiro atoms. The summed E-state index contributed by atoms with van der Waals surface area (Å²) in [6, 6.07) is 11.4. The van der Waals surface area contributed by atoms with Crippen LogP contribution in [0.3, 0.4) is 0 Å². The summed E-state index contributed by atoms with van der Waals surface area (Å²) < 4.78 is 0. The fraction of sp³-hybridized carbons (Fsp3) is 0.214. The Balaban J connectivity index is 1.96. The van der Waals surface area contributed by atoms with Crippen molar-refractivity contribution in [2.75, 3.05) is 11.9 Å². The van der Waals surface area contributed by atoms with Crippen LogP contribution in [0, 0.1) is 6.92 Å². The zero-order chi connectivity index (χ0) is 13.0. The lowest BCUT2D eigenvalue weighted by atomic mass is 10.1. The molecule has 4 heteroatoms. The number of nitrogens with one attached hydrogen (secondary N) is 1. The van der Waals surface area contributed by atoms with Gasteiger partial charge >= 0.3 is 0 Å². The van der Waals surface area contributed by atoms with Gasteiger partial charge in [-0.15, -0.1) is 0 Å². The highest BCUT2D eigenvalue weighted by Gasteiger charge is 2.06. The standard InChI is InChI=1S/C14H15ClN2O/c1-10-2-4-11(5-3-10)13(18)9-17-12-6-7-16-14(15)8-12/h2-8,13,18H,9H2,1H3,(H,16,17). The number of hydrogen-bond donors (Lipinski definition) is 2. The van der Waals surface area contributed by atoms with E-state index in [0.29, 0.717) is 11.7 Å². The van der Waals surface area contributed by atoms with Crippen molar-refractivity contribution in [1.29, 1.82) is 0 Å². The maximum Gasteiger partial charge on any atom is 0.131 e. The van der Waals surface area contributed by atoms with Crippen molar-refractivity contribution in [2.24, 2.45) is 0 Å². The second-order valence-electron chi connectivity index (χ2n) is 4.17. The van der Waals surface area contributed by atoms with Crippen LogP contribution in [0.25, 0.3) is 0 Å². The highest BCUT2D eigenvalue weighted by molar-refractivity contribution is 6.29. The molecule has 0 fully saturated rings. The normalized spacial score (nSPS) is 12.2. The van der Waals surface area contributed by atoms with Gasteiger partial charge in [-0.25, -0.2) is 4.98 Å². The van der Waals surface area contributed by atoms with Crippen LogP contribution in [-0.2, 0) is 0 Å². The number of rotatable bonds is 4. The molecular weight excluding hydrogens is 248 g/mol. The fourth-order valence-electron chi connectivity index (χ4n) is 1.63. The number of hydrogen-bond acceptors (Lipinski definition) is 3. The Kier molecular flexibility index (Phi) is 4.18. The Morgan fingerprint density at radius 2 is 2.00 bits per heavy atom. The summed E-state index contributed by atoms with van der Waals surface area (Å²) >= 11 is 5.78. The third-order valence-corrected chi connectivity index (χ3v) is 2.89. The molecule has 1 atom stereocenters. The molecule has 2 aromatic rings. The average molecular weight is 263 g/mol. The highest BCUT2D eigenvalue weighted by Crippen LogP contribution is 2.16. The average Bonchev–Trinajstić information content (AvgIpc) is 2.37. The fourth-order valence-corrected chi connectivity index (χ4v) is 1.81. The number of benzene rings is 1. The summed E-state index contributed by atoms with van der Waals surface area (Å²) in [5, 5.41) is 13.6. The van der Waals surface area contributed by atoms with Gasteiger partial charge in [0.1, 0.15) is 5.15 Å². The van der Waals surface area contributed by atoms with Crippen LogP contribution in [-0.4, -0.2) is 16.6 Å². The van der Waals surface area contributed by atoms with Crippen molar-refractivity contribution in [3.63, 3.8) is 0 Å². The minimum atomic E-state index is -0.544. The molecule has 2 rings (SSSR count). The minimum absolute atomic E-state index is 0.434. The van der Waals surface area contributed by atoms with E-state index in [9.17, 15) is 5.11 Å². The molecule has 0 saturated heterocycles. The quantitative estimate of drug-likeness (QED) is 0.832. The van der Waals surface area contributed by atoms with E-state index < -0.39 is 6.10 Å². The van der Waals surface area contributed by atoms with Gasteiger partial charge in [0.05, 0.1) is 6.10 Å². The molecular formula is C14H15ClN2O. The van der Waals surface area contributed by atoms with Crippen LogP contribution in [0.15, 0.2) is 42.6 Å². The van der Waals surface area contributed by atoms with E-state index in [1.807, 2.05) is 37.3 Å². The van der Waals surface area contributed by atoms with Gasteiger partial charge in [-0.3, -0.25) is 0 Å². The SMILES string of the molecule is Cc1ccc(C(O)CNc2ccnc(Cl)c2)cc1. The summed E-state index contributed by atoms with van der Waals surface area (Å²) in [5.41, 5.74) is 2.93. The minimum Gasteiger partial charge on any atom is -0.387 e. The lowest BCUT2D eigenvalue weighted by Crippen LogP contribution is -2.12. The zero-order valence-electron chi connectivity index (χ0n) is 10.1. The van der Waals surface area contributed by atoms with Gasteiger partial charge in [0, 0.05) is 18.4 Å². The van der Waals surface area contributed by atoms with E-state index in [1.54, 1.807) is 12.3 Å². The van der Waals surface area contributed by atoms with E-state index in [1.165, 1.54) is 5.56 Å². The van der Waals surface area contributed by atoms with Crippen molar-refractivity contribution in [2.45, 2.75) is 13.0 Å². The van der Waals surface area contributed by atoms with Crippen molar-refractivity contribution in [1.82, 2.24) is 4.98 Å². The van der Waals surface area contributed by atoms with Crippen LogP contribution in [0.2, 0.25) is 5.15 Å². The Bertz CT molecular complexity index is 513. The molecule has 0 aliphatic heterocycles. The number of pyridine rings is 1.